The highest BCUT2D eigenvalue weighted by Crippen LogP contribution is 2.17. The molecule has 0 spiro atoms. The fraction of sp³-hybridized carbons (Fsp3) is 1.00. The monoisotopic (exact) mass is 206 g/mol. The number of hydrogen-bond donors (Lipinski definition) is 2. The largest absolute Gasteiger partial charge is 0.330 e. The highest BCUT2D eigenvalue weighted by molar-refractivity contribution is 7.91. The summed E-state index contributed by atoms with van der Waals surface area (Å²) in [5, 5.41) is 3.12. The van der Waals surface area contributed by atoms with Crippen LogP contribution in [0.5, 0.6) is 0 Å². The first-order chi connectivity index (χ1) is 6.04. The molecule has 1 aliphatic heterocycles. The van der Waals surface area contributed by atoms with E-state index in [0.29, 0.717) is 12.6 Å². The second-order valence-corrected chi connectivity index (χ2v) is 6.03. The summed E-state index contributed by atoms with van der Waals surface area (Å²) >= 11 is 0. The van der Waals surface area contributed by atoms with E-state index in [2.05, 4.69) is 5.32 Å². The zero-order valence-corrected chi connectivity index (χ0v) is 8.81. The Morgan fingerprint density at radius 1 is 1.54 bits per heavy atom. The van der Waals surface area contributed by atoms with Crippen molar-refractivity contribution < 1.29 is 8.42 Å². The minimum Gasteiger partial charge on any atom is -0.330 e. The van der Waals surface area contributed by atoms with Gasteiger partial charge in [-0.05, 0) is 32.4 Å². The third-order valence-corrected chi connectivity index (χ3v) is 4.21. The van der Waals surface area contributed by atoms with Crippen molar-refractivity contribution >= 4 is 9.84 Å². The van der Waals surface area contributed by atoms with Crippen molar-refractivity contribution in [2.75, 3.05) is 19.3 Å². The summed E-state index contributed by atoms with van der Waals surface area (Å²) in [6.45, 7) is 1.41. The van der Waals surface area contributed by atoms with E-state index < -0.39 is 9.84 Å². The molecule has 0 radical (unpaired) electrons. The molecule has 0 aromatic rings. The molecule has 2 atom stereocenters. The van der Waals surface area contributed by atoms with Gasteiger partial charge in [0, 0.05) is 12.3 Å². The van der Waals surface area contributed by atoms with Gasteiger partial charge >= 0.3 is 0 Å². The molecule has 1 saturated heterocycles. The molecule has 1 aliphatic rings. The Bertz CT molecular complexity index is 249. The van der Waals surface area contributed by atoms with Crippen molar-refractivity contribution in [3.63, 3.8) is 0 Å². The van der Waals surface area contributed by atoms with Gasteiger partial charge in [0.1, 0.15) is 9.84 Å². The molecule has 1 rings (SSSR count). The topological polar surface area (TPSA) is 72.2 Å². The second kappa shape index (κ2) is 4.39. The van der Waals surface area contributed by atoms with Gasteiger partial charge in [0.05, 0.1) is 5.25 Å². The molecule has 1 fully saturated rings. The Morgan fingerprint density at radius 2 is 2.23 bits per heavy atom. The van der Waals surface area contributed by atoms with Crippen molar-refractivity contribution in [1.82, 2.24) is 5.32 Å². The van der Waals surface area contributed by atoms with Crippen molar-refractivity contribution in [3.8, 4) is 0 Å². The zero-order chi connectivity index (χ0) is 9.90. The van der Waals surface area contributed by atoms with Crippen LogP contribution in [0.1, 0.15) is 19.3 Å². The lowest BCUT2D eigenvalue weighted by Gasteiger charge is -2.28. The maximum Gasteiger partial charge on any atom is 0.150 e. The fourth-order valence-electron chi connectivity index (χ4n) is 1.78. The third kappa shape index (κ3) is 3.25. The van der Waals surface area contributed by atoms with Crippen LogP contribution in [0.15, 0.2) is 0 Å². The number of sulfone groups is 1. The number of nitrogens with two attached hydrogens (primary N) is 1. The van der Waals surface area contributed by atoms with Gasteiger partial charge in [0.2, 0.25) is 0 Å². The smallest absolute Gasteiger partial charge is 0.150 e. The summed E-state index contributed by atoms with van der Waals surface area (Å²) in [5.41, 5.74) is 5.42. The maximum absolute atomic E-state index is 11.3. The summed E-state index contributed by atoms with van der Waals surface area (Å²) in [6, 6.07) is 0.290. The molecule has 78 valence electrons. The summed E-state index contributed by atoms with van der Waals surface area (Å²) in [6.07, 6.45) is 3.64. The average molecular weight is 206 g/mol. The molecular weight excluding hydrogens is 188 g/mol. The normalized spacial score (nSPS) is 30.3. The van der Waals surface area contributed by atoms with E-state index >= 15 is 0 Å². The third-order valence-electron chi connectivity index (χ3n) is 2.57. The molecule has 13 heavy (non-hydrogen) atoms. The Hall–Kier alpha value is -0.130. The summed E-state index contributed by atoms with van der Waals surface area (Å²) in [7, 11) is -2.86. The first-order valence-electron chi connectivity index (χ1n) is 4.66. The molecular formula is C8H18N2O2S. The molecule has 4 nitrogen and oxygen atoms in total. The van der Waals surface area contributed by atoms with Gasteiger partial charge in [-0.3, -0.25) is 0 Å². The molecule has 0 saturated carbocycles. The van der Waals surface area contributed by atoms with Crippen LogP contribution in [0.4, 0.5) is 0 Å². The van der Waals surface area contributed by atoms with E-state index in [1.807, 2.05) is 0 Å². The molecule has 0 aliphatic carbocycles. The Labute approximate surface area is 79.8 Å². The van der Waals surface area contributed by atoms with Crippen molar-refractivity contribution in [1.29, 1.82) is 0 Å². The van der Waals surface area contributed by atoms with Crippen LogP contribution in [-0.4, -0.2) is 39.1 Å². The highest BCUT2D eigenvalue weighted by Gasteiger charge is 2.27. The minimum absolute atomic E-state index is 0.162. The summed E-state index contributed by atoms with van der Waals surface area (Å²) < 4.78 is 22.6. The van der Waals surface area contributed by atoms with Gasteiger partial charge in [-0.1, -0.05) is 0 Å². The van der Waals surface area contributed by atoms with Gasteiger partial charge in [-0.2, -0.15) is 0 Å². The van der Waals surface area contributed by atoms with E-state index in [9.17, 15) is 8.42 Å². The number of nitrogens with one attached hydrogen (secondary N) is 1. The van der Waals surface area contributed by atoms with Crippen LogP contribution in [-0.2, 0) is 9.84 Å². The molecule has 1 heterocycles. The minimum atomic E-state index is -2.86. The van der Waals surface area contributed by atoms with Gasteiger partial charge < -0.3 is 11.1 Å². The predicted molar refractivity (Wildman–Crippen MR) is 53.3 cm³/mol. The van der Waals surface area contributed by atoms with Crippen LogP contribution < -0.4 is 11.1 Å². The first-order valence-corrected chi connectivity index (χ1v) is 6.62. The Balaban J connectivity index is 2.52. The lowest BCUT2D eigenvalue weighted by atomic mass is 10.0. The fourth-order valence-corrected chi connectivity index (χ4v) is 2.90. The van der Waals surface area contributed by atoms with Crippen molar-refractivity contribution in [2.45, 2.75) is 30.6 Å². The maximum atomic E-state index is 11.3. The van der Waals surface area contributed by atoms with E-state index in [4.69, 9.17) is 5.73 Å². The van der Waals surface area contributed by atoms with Crippen LogP contribution in [0, 0.1) is 0 Å². The van der Waals surface area contributed by atoms with Crippen molar-refractivity contribution in [2.24, 2.45) is 5.73 Å². The molecule has 3 N–H and O–H groups in total. The first kappa shape index (κ1) is 10.9. The Kier molecular flexibility index (Phi) is 3.70. The Morgan fingerprint density at radius 3 is 2.77 bits per heavy atom. The van der Waals surface area contributed by atoms with E-state index in [1.165, 1.54) is 6.26 Å². The molecule has 0 aromatic carbocycles. The van der Waals surface area contributed by atoms with Crippen LogP contribution in [0.3, 0.4) is 0 Å². The van der Waals surface area contributed by atoms with Crippen molar-refractivity contribution in [3.05, 3.63) is 0 Å². The van der Waals surface area contributed by atoms with Gasteiger partial charge in [0.25, 0.3) is 0 Å². The molecule has 0 bridgehead atoms. The number of hydrogen-bond acceptors (Lipinski definition) is 4. The second-order valence-electron chi connectivity index (χ2n) is 3.70. The molecule has 5 heteroatoms. The number of rotatable bonds is 3. The highest BCUT2D eigenvalue weighted by atomic mass is 32.2. The lowest BCUT2D eigenvalue weighted by Crippen LogP contribution is -2.43. The number of piperidine rings is 1. The van der Waals surface area contributed by atoms with Gasteiger partial charge in [-0.15, -0.1) is 0 Å². The summed E-state index contributed by atoms with van der Waals surface area (Å²) in [4.78, 5) is 0. The zero-order valence-electron chi connectivity index (χ0n) is 7.99. The van der Waals surface area contributed by atoms with E-state index in [-0.39, 0.29) is 5.25 Å². The SMILES string of the molecule is CS(=O)(=O)C1CCNC(CCN)C1. The van der Waals surface area contributed by atoms with E-state index in [1.54, 1.807) is 0 Å². The van der Waals surface area contributed by atoms with Crippen LogP contribution >= 0.6 is 0 Å². The molecule has 0 amide bonds. The van der Waals surface area contributed by atoms with Crippen LogP contribution in [0.2, 0.25) is 0 Å². The van der Waals surface area contributed by atoms with Gasteiger partial charge in [-0.25, -0.2) is 8.42 Å². The quantitative estimate of drug-likeness (QED) is 0.653. The molecule has 0 aromatic heterocycles. The summed E-state index contributed by atoms with van der Waals surface area (Å²) in [5.74, 6) is 0. The predicted octanol–water partition coefficient (Wildman–Crippen LogP) is -0.500. The van der Waals surface area contributed by atoms with Crippen LogP contribution in [0.25, 0.3) is 0 Å². The standard InChI is InChI=1S/C8H18N2O2S/c1-13(11,12)8-3-5-10-7(6-8)2-4-9/h7-8,10H,2-6,9H2,1H3. The lowest BCUT2D eigenvalue weighted by molar-refractivity contribution is 0.384. The van der Waals surface area contributed by atoms with E-state index in [0.717, 1.165) is 25.8 Å². The van der Waals surface area contributed by atoms with Gasteiger partial charge in [0.15, 0.2) is 0 Å². The molecule has 2 unspecified atom stereocenters. The average Bonchev–Trinajstić information content (AvgIpc) is 2.04.